The Kier molecular flexibility index (Phi) is 3.10. The van der Waals surface area contributed by atoms with E-state index in [1.54, 1.807) is 42.6 Å². The SMILES string of the molecule is Cc1cccc[n+]1NS(=O)(=O)c1ccccc1. The maximum absolute atomic E-state index is 12.0. The van der Waals surface area contributed by atoms with E-state index in [1.165, 1.54) is 4.68 Å². The van der Waals surface area contributed by atoms with Crippen LogP contribution in [0.4, 0.5) is 0 Å². The molecule has 0 bridgehead atoms. The first-order valence-electron chi connectivity index (χ1n) is 5.15. The lowest BCUT2D eigenvalue weighted by molar-refractivity contribution is -0.643. The zero-order chi connectivity index (χ0) is 12.3. The summed E-state index contributed by atoms with van der Waals surface area (Å²) in [5, 5.41) is 0. The third-order valence-electron chi connectivity index (χ3n) is 2.34. The first-order chi connectivity index (χ1) is 8.09. The Morgan fingerprint density at radius 3 is 2.29 bits per heavy atom. The number of aryl methyl sites for hydroxylation is 1. The summed E-state index contributed by atoms with van der Waals surface area (Å²) in [6.45, 7) is 1.83. The molecule has 0 aliphatic carbocycles. The molecule has 0 aliphatic rings. The largest absolute Gasteiger partial charge is 0.306 e. The number of aromatic nitrogens is 1. The highest BCUT2D eigenvalue weighted by Gasteiger charge is 2.18. The molecular formula is C12H13N2O2S+. The smallest absolute Gasteiger partial charge is 0.197 e. The summed E-state index contributed by atoms with van der Waals surface area (Å²) >= 11 is 0. The van der Waals surface area contributed by atoms with E-state index in [-0.39, 0.29) is 4.90 Å². The molecule has 0 saturated heterocycles. The molecule has 5 heteroatoms. The molecule has 0 atom stereocenters. The van der Waals surface area contributed by atoms with Crippen LogP contribution in [0.15, 0.2) is 59.6 Å². The van der Waals surface area contributed by atoms with Gasteiger partial charge in [-0.3, -0.25) is 0 Å². The van der Waals surface area contributed by atoms with Gasteiger partial charge < -0.3 is 0 Å². The molecular weight excluding hydrogens is 236 g/mol. The second kappa shape index (κ2) is 4.55. The van der Waals surface area contributed by atoms with Gasteiger partial charge in [0.2, 0.25) is 11.9 Å². The Bertz CT molecular complexity index is 609. The summed E-state index contributed by atoms with van der Waals surface area (Å²) in [5.41, 5.74) is 0.812. The maximum Gasteiger partial charge on any atom is 0.306 e. The van der Waals surface area contributed by atoms with Crippen molar-refractivity contribution in [3.63, 3.8) is 0 Å². The summed E-state index contributed by atoms with van der Waals surface area (Å²) in [6.07, 6.45) is 1.66. The van der Waals surface area contributed by atoms with Gasteiger partial charge in [-0.2, -0.15) is 8.42 Å². The third kappa shape index (κ3) is 2.62. The number of nitrogens with one attached hydrogen (secondary N) is 1. The maximum atomic E-state index is 12.0. The number of hydrogen-bond donors (Lipinski definition) is 1. The van der Waals surface area contributed by atoms with E-state index >= 15 is 0 Å². The van der Waals surface area contributed by atoms with Crippen molar-refractivity contribution in [2.45, 2.75) is 11.8 Å². The molecule has 2 aromatic rings. The Hall–Kier alpha value is -1.88. The normalized spacial score (nSPS) is 11.1. The van der Waals surface area contributed by atoms with Crippen LogP contribution in [0.25, 0.3) is 0 Å². The van der Waals surface area contributed by atoms with Crippen molar-refractivity contribution in [3.8, 4) is 0 Å². The van der Waals surface area contributed by atoms with Gasteiger partial charge in [0.05, 0.1) is 4.90 Å². The second-order valence-corrected chi connectivity index (χ2v) is 5.28. The lowest BCUT2D eigenvalue weighted by atomic mass is 10.4. The minimum Gasteiger partial charge on any atom is -0.197 e. The first kappa shape index (κ1) is 11.6. The van der Waals surface area contributed by atoms with Crippen molar-refractivity contribution in [3.05, 3.63) is 60.4 Å². The molecule has 0 spiro atoms. The van der Waals surface area contributed by atoms with Crippen LogP contribution >= 0.6 is 0 Å². The highest BCUT2D eigenvalue weighted by atomic mass is 32.2. The second-order valence-electron chi connectivity index (χ2n) is 3.62. The van der Waals surface area contributed by atoms with E-state index in [0.717, 1.165) is 5.69 Å². The zero-order valence-corrected chi connectivity index (χ0v) is 10.2. The van der Waals surface area contributed by atoms with E-state index in [2.05, 4.69) is 4.83 Å². The topological polar surface area (TPSA) is 50.1 Å². The summed E-state index contributed by atoms with van der Waals surface area (Å²) in [4.78, 5) is 2.74. The standard InChI is InChI=1S/C12H13N2O2S/c1-11-7-5-6-10-14(11)13-17(15,16)12-8-3-2-4-9-12/h2-10,13H,1H3/q+1. The predicted molar refractivity (Wildman–Crippen MR) is 64.4 cm³/mol. The van der Waals surface area contributed by atoms with E-state index in [0.29, 0.717) is 0 Å². The highest BCUT2D eigenvalue weighted by Crippen LogP contribution is 2.06. The van der Waals surface area contributed by atoms with Crippen molar-refractivity contribution in [2.24, 2.45) is 0 Å². The van der Waals surface area contributed by atoms with Crippen molar-refractivity contribution in [1.29, 1.82) is 0 Å². The third-order valence-corrected chi connectivity index (χ3v) is 3.67. The zero-order valence-electron chi connectivity index (χ0n) is 9.37. The van der Waals surface area contributed by atoms with Crippen LogP contribution < -0.4 is 9.51 Å². The van der Waals surface area contributed by atoms with Crippen molar-refractivity contribution >= 4 is 10.0 Å². The summed E-state index contributed by atoms with van der Waals surface area (Å²) in [6, 6.07) is 13.7. The van der Waals surface area contributed by atoms with E-state index < -0.39 is 10.0 Å². The fourth-order valence-corrected chi connectivity index (χ4v) is 2.50. The molecule has 0 fully saturated rings. The highest BCUT2D eigenvalue weighted by molar-refractivity contribution is 7.92. The molecule has 1 heterocycles. The number of pyridine rings is 1. The van der Waals surface area contributed by atoms with Gasteiger partial charge in [-0.25, -0.2) is 0 Å². The van der Waals surface area contributed by atoms with Gasteiger partial charge >= 0.3 is 10.0 Å². The summed E-state index contributed by atoms with van der Waals surface area (Å²) in [5.74, 6) is 0. The molecule has 88 valence electrons. The molecule has 1 N–H and O–H groups in total. The van der Waals surface area contributed by atoms with Crippen LogP contribution in [0, 0.1) is 6.92 Å². The monoisotopic (exact) mass is 249 g/mol. The van der Waals surface area contributed by atoms with Gasteiger partial charge in [0.25, 0.3) is 0 Å². The Labute approximate surface area is 101 Å². The van der Waals surface area contributed by atoms with E-state index in [1.807, 2.05) is 19.1 Å². The first-order valence-corrected chi connectivity index (χ1v) is 6.63. The molecule has 0 saturated carbocycles. The predicted octanol–water partition coefficient (Wildman–Crippen LogP) is 1.21. The lowest BCUT2D eigenvalue weighted by Crippen LogP contribution is -2.50. The van der Waals surface area contributed by atoms with Crippen LogP contribution in [-0.2, 0) is 10.0 Å². The molecule has 1 aromatic heterocycles. The van der Waals surface area contributed by atoms with E-state index in [9.17, 15) is 8.42 Å². The number of nitrogens with zero attached hydrogens (tertiary/aromatic N) is 1. The van der Waals surface area contributed by atoms with Gasteiger partial charge in [0, 0.05) is 19.1 Å². The minimum atomic E-state index is -3.52. The molecule has 0 amide bonds. The van der Waals surface area contributed by atoms with Gasteiger partial charge in [0.1, 0.15) is 0 Å². The fraction of sp³-hybridized carbons (Fsp3) is 0.0833. The average molecular weight is 249 g/mol. The average Bonchev–Trinajstić information content (AvgIpc) is 2.33. The van der Waals surface area contributed by atoms with Crippen molar-refractivity contribution < 1.29 is 13.1 Å². The van der Waals surface area contributed by atoms with Gasteiger partial charge in [-0.05, 0) is 18.2 Å². The molecule has 4 nitrogen and oxygen atoms in total. The number of benzene rings is 1. The molecule has 0 radical (unpaired) electrons. The van der Waals surface area contributed by atoms with Gasteiger partial charge in [0.15, 0.2) is 0 Å². The lowest BCUT2D eigenvalue weighted by Gasteiger charge is -2.03. The van der Waals surface area contributed by atoms with Gasteiger partial charge in [-0.15, -0.1) is 0 Å². The van der Waals surface area contributed by atoms with Crippen LogP contribution in [0.5, 0.6) is 0 Å². The fourth-order valence-electron chi connectivity index (χ4n) is 1.41. The van der Waals surface area contributed by atoms with Crippen LogP contribution in [0.3, 0.4) is 0 Å². The summed E-state index contributed by atoms with van der Waals surface area (Å²) in [7, 11) is -3.52. The Morgan fingerprint density at radius 2 is 1.65 bits per heavy atom. The minimum absolute atomic E-state index is 0.246. The molecule has 2 rings (SSSR count). The van der Waals surface area contributed by atoms with E-state index in [4.69, 9.17) is 0 Å². The molecule has 17 heavy (non-hydrogen) atoms. The van der Waals surface area contributed by atoms with Crippen LogP contribution in [-0.4, -0.2) is 8.42 Å². The number of rotatable bonds is 3. The number of sulfonamides is 1. The van der Waals surface area contributed by atoms with Gasteiger partial charge in [-0.1, -0.05) is 27.7 Å². The van der Waals surface area contributed by atoms with Crippen LogP contribution in [0.2, 0.25) is 0 Å². The molecule has 0 unspecified atom stereocenters. The summed E-state index contributed by atoms with van der Waals surface area (Å²) < 4.78 is 25.5. The Balaban J connectivity index is 2.34. The quantitative estimate of drug-likeness (QED) is 0.831. The molecule has 0 aliphatic heterocycles. The number of hydrogen-bond acceptors (Lipinski definition) is 2. The van der Waals surface area contributed by atoms with Crippen molar-refractivity contribution in [2.75, 3.05) is 4.83 Å². The Morgan fingerprint density at radius 1 is 1.00 bits per heavy atom. The molecule has 1 aromatic carbocycles. The van der Waals surface area contributed by atoms with Crippen molar-refractivity contribution in [1.82, 2.24) is 0 Å². The van der Waals surface area contributed by atoms with Crippen LogP contribution in [0.1, 0.15) is 5.69 Å².